The molecule has 1 aromatic carbocycles. The van der Waals surface area contributed by atoms with Crippen molar-refractivity contribution in [1.29, 1.82) is 0 Å². The largest absolute Gasteiger partial charge is 0.534 e. The molecule has 0 fully saturated rings. The van der Waals surface area contributed by atoms with Crippen molar-refractivity contribution in [2.24, 2.45) is 0 Å². The van der Waals surface area contributed by atoms with Crippen LogP contribution in [0.4, 0.5) is 18.9 Å². The number of amides is 1. The van der Waals surface area contributed by atoms with Gasteiger partial charge < -0.3 is 9.08 Å². The van der Waals surface area contributed by atoms with Crippen molar-refractivity contribution < 1.29 is 39.0 Å². The molecule has 3 rings (SSSR count). The van der Waals surface area contributed by atoms with Crippen molar-refractivity contribution in [3.63, 3.8) is 0 Å². The number of fused-ring (bicyclic) bond motifs is 1. The van der Waals surface area contributed by atoms with E-state index in [0.717, 1.165) is 6.26 Å². The molecule has 2 heterocycles. The van der Waals surface area contributed by atoms with Crippen LogP contribution in [-0.4, -0.2) is 61.1 Å². The Morgan fingerprint density at radius 3 is 2.49 bits per heavy atom. The maximum absolute atomic E-state index is 13.0. The van der Waals surface area contributed by atoms with Crippen LogP contribution in [0.3, 0.4) is 0 Å². The predicted octanol–water partition coefficient (Wildman–Crippen LogP) is 2.56. The number of benzene rings is 1. The molecule has 0 unspecified atom stereocenters. The molecule has 3 aromatic rings. The monoisotopic (exact) mass is 555 g/mol. The standard InChI is InChI=1S/C18H17ClF3N5O6S2/c1-10-8-27-15(23-16(10)33-35(31,32)18(20,21)22)7-12(24-27)9-26(2)17(28)13-6-11(19)4-5-14(13)25-34(3,29)30/h4-8,25H,9H2,1-3H3. The van der Waals surface area contributed by atoms with E-state index in [1.807, 2.05) is 0 Å². The molecule has 2 aromatic heterocycles. The van der Waals surface area contributed by atoms with Gasteiger partial charge in [-0.15, -0.1) is 0 Å². The quantitative estimate of drug-likeness (QED) is 0.346. The van der Waals surface area contributed by atoms with Gasteiger partial charge in [-0.05, 0) is 25.1 Å². The van der Waals surface area contributed by atoms with Crippen molar-refractivity contribution in [2.45, 2.75) is 19.0 Å². The summed E-state index contributed by atoms with van der Waals surface area (Å²) in [5, 5.41) is 4.36. The average molecular weight is 556 g/mol. The Morgan fingerprint density at radius 2 is 1.89 bits per heavy atom. The molecule has 1 N–H and O–H groups in total. The predicted molar refractivity (Wildman–Crippen MR) is 119 cm³/mol. The lowest BCUT2D eigenvalue weighted by atomic mass is 10.1. The number of alkyl halides is 3. The number of nitrogens with one attached hydrogen (secondary N) is 1. The van der Waals surface area contributed by atoms with Crippen molar-refractivity contribution in [2.75, 3.05) is 18.0 Å². The van der Waals surface area contributed by atoms with Crippen LogP contribution in [0.15, 0.2) is 30.5 Å². The lowest BCUT2D eigenvalue weighted by molar-refractivity contribution is -0.0501. The highest BCUT2D eigenvalue weighted by Crippen LogP contribution is 2.28. The van der Waals surface area contributed by atoms with E-state index in [2.05, 4.69) is 19.0 Å². The van der Waals surface area contributed by atoms with Crippen LogP contribution in [0.1, 0.15) is 21.6 Å². The molecular formula is C18H17ClF3N5O6S2. The normalized spacial score (nSPS) is 12.5. The molecule has 0 radical (unpaired) electrons. The van der Waals surface area contributed by atoms with Crippen LogP contribution >= 0.6 is 11.6 Å². The number of nitrogens with zero attached hydrogens (tertiary/aromatic N) is 4. The number of anilines is 1. The number of hydrogen-bond acceptors (Lipinski definition) is 8. The lowest BCUT2D eigenvalue weighted by Crippen LogP contribution is -2.28. The van der Waals surface area contributed by atoms with Gasteiger partial charge in [0.05, 0.1) is 29.7 Å². The van der Waals surface area contributed by atoms with E-state index < -0.39 is 37.4 Å². The Kier molecular flexibility index (Phi) is 6.93. The van der Waals surface area contributed by atoms with Crippen molar-refractivity contribution in [1.82, 2.24) is 19.5 Å². The third kappa shape index (κ3) is 6.12. The average Bonchev–Trinajstić information content (AvgIpc) is 3.07. The molecule has 0 aliphatic heterocycles. The number of sulfonamides is 1. The maximum Gasteiger partial charge on any atom is 0.534 e. The number of carbonyl (C=O) groups excluding carboxylic acids is 1. The first kappa shape index (κ1) is 26.5. The summed E-state index contributed by atoms with van der Waals surface area (Å²) in [6.07, 6.45) is 2.13. The van der Waals surface area contributed by atoms with Crippen LogP contribution in [0, 0.1) is 6.92 Å². The summed E-state index contributed by atoms with van der Waals surface area (Å²) in [7, 11) is -8.21. The number of aromatic nitrogens is 3. The molecule has 0 spiro atoms. The van der Waals surface area contributed by atoms with Crippen LogP contribution in [-0.2, 0) is 26.7 Å². The minimum atomic E-state index is -5.92. The summed E-state index contributed by atoms with van der Waals surface area (Å²) in [5.41, 5.74) is -5.50. The lowest BCUT2D eigenvalue weighted by Gasteiger charge is -2.18. The molecule has 190 valence electrons. The third-order valence-corrected chi connectivity index (χ3v) is 6.13. The van der Waals surface area contributed by atoms with Gasteiger partial charge in [0.15, 0.2) is 5.65 Å². The first-order valence-electron chi connectivity index (χ1n) is 9.36. The minimum Gasteiger partial charge on any atom is -0.355 e. The van der Waals surface area contributed by atoms with Gasteiger partial charge in [-0.3, -0.25) is 9.52 Å². The molecule has 11 nitrogen and oxygen atoms in total. The smallest absolute Gasteiger partial charge is 0.355 e. The summed E-state index contributed by atoms with van der Waals surface area (Å²) in [5.74, 6) is -1.39. The van der Waals surface area contributed by atoms with Gasteiger partial charge in [-0.25, -0.2) is 12.9 Å². The zero-order valence-corrected chi connectivity index (χ0v) is 20.5. The van der Waals surface area contributed by atoms with Gasteiger partial charge in [0.2, 0.25) is 15.9 Å². The number of aryl methyl sites for hydroxylation is 1. The second kappa shape index (κ2) is 9.16. The van der Waals surface area contributed by atoms with E-state index in [4.69, 9.17) is 11.6 Å². The van der Waals surface area contributed by atoms with Gasteiger partial charge in [0, 0.05) is 29.9 Å². The zero-order chi connectivity index (χ0) is 26.3. The van der Waals surface area contributed by atoms with Crippen LogP contribution in [0.25, 0.3) is 5.65 Å². The van der Waals surface area contributed by atoms with E-state index in [1.165, 1.54) is 53.8 Å². The molecular weight excluding hydrogens is 539 g/mol. The van der Waals surface area contributed by atoms with Crippen molar-refractivity contribution in [3.05, 3.63) is 52.3 Å². The molecule has 0 bridgehead atoms. The number of halogens is 4. The highest BCUT2D eigenvalue weighted by atomic mass is 35.5. The molecule has 0 aliphatic rings. The van der Waals surface area contributed by atoms with Crippen LogP contribution in [0.5, 0.6) is 5.88 Å². The summed E-state index contributed by atoms with van der Waals surface area (Å²) >= 11 is 5.96. The maximum atomic E-state index is 13.0. The Balaban J connectivity index is 1.88. The topological polar surface area (TPSA) is 140 Å². The number of carbonyl (C=O) groups is 1. The molecule has 0 saturated carbocycles. The number of hydrogen-bond donors (Lipinski definition) is 1. The zero-order valence-electron chi connectivity index (χ0n) is 18.2. The molecule has 0 saturated heterocycles. The first-order valence-corrected chi connectivity index (χ1v) is 13.0. The van der Waals surface area contributed by atoms with E-state index in [9.17, 15) is 34.8 Å². The van der Waals surface area contributed by atoms with Gasteiger partial charge in [-0.1, -0.05) is 11.6 Å². The van der Waals surface area contributed by atoms with Gasteiger partial charge >= 0.3 is 15.6 Å². The summed E-state index contributed by atoms with van der Waals surface area (Å²) in [6.45, 7) is 1.16. The Labute approximate surface area is 202 Å². The van der Waals surface area contributed by atoms with Crippen molar-refractivity contribution in [3.8, 4) is 5.88 Å². The minimum absolute atomic E-state index is 0.00806. The van der Waals surface area contributed by atoms with Gasteiger partial charge in [0.1, 0.15) is 0 Å². The Morgan fingerprint density at radius 1 is 1.23 bits per heavy atom. The fraction of sp³-hybridized carbons (Fsp3) is 0.278. The van der Waals surface area contributed by atoms with E-state index in [-0.39, 0.29) is 39.7 Å². The summed E-state index contributed by atoms with van der Waals surface area (Å²) in [4.78, 5) is 17.9. The van der Waals surface area contributed by atoms with E-state index in [1.54, 1.807) is 0 Å². The highest BCUT2D eigenvalue weighted by molar-refractivity contribution is 7.92. The summed E-state index contributed by atoms with van der Waals surface area (Å²) < 4.78 is 91.3. The highest BCUT2D eigenvalue weighted by Gasteiger charge is 2.49. The second-order valence-electron chi connectivity index (χ2n) is 7.38. The number of rotatable bonds is 7. The Hall–Kier alpha value is -3.11. The van der Waals surface area contributed by atoms with Crippen LogP contribution in [0.2, 0.25) is 5.02 Å². The van der Waals surface area contributed by atoms with Crippen LogP contribution < -0.4 is 8.91 Å². The fourth-order valence-corrected chi connectivity index (χ4v) is 4.08. The van der Waals surface area contributed by atoms with Gasteiger partial charge in [0.25, 0.3) is 5.91 Å². The first-order chi connectivity index (χ1) is 16.0. The molecule has 0 aliphatic carbocycles. The van der Waals surface area contributed by atoms with Gasteiger partial charge in [-0.2, -0.15) is 31.7 Å². The molecule has 35 heavy (non-hydrogen) atoms. The summed E-state index contributed by atoms with van der Waals surface area (Å²) in [6, 6.07) is 5.33. The SMILES string of the molecule is Cc1cn2nc(CN(C)C(=O)c3cc(Cl)ccc3NS(C)(=O)=O)cc2nc1OS(=O)(=O)C(F)(F)F. The molecule has 1 amide bonds. The third-order valence-electron chi connectivity index (χ3n) is 4.36. The van der Waals surface area contributed by atoms with E-state index >= 15 is 0 Å². The Bertz CT molecular complexity index is 1520. The van der Waals surface area contributed by atoms with E-state index in [0.29, 0.717) is 0 Å². The fourth-order valence-electron chi connectivity index (χ4n) is 2.86. The molecule has 17 heteroatoms. The molecule has 0 atom stereocenters. The second-order valence-corrected chi connectivity index (χ2v) is 11.1. The van der Waals surface area contributed by atoms with Crippen molar-refractivity contribution >= 4 is 49.0 Å².